The van der Waals surface area contributed by atoms with Crippen molar-refractivity contribution in [1.29, 1.82) is 0 Å². The quantitative estimate of drug-likeness (QED) is 0.782. The van der Waals surface area contributed by atoms with Gasteiger partial charge in [-0.3, -0.25) is 9.69 Å². The van der Waals surface area contributed by atoms with Crippen LogP contribution in [0.3, 0.4) is 0 Å². The fourth-order valence-electron chi connectivity index (χ4n) is 2.91. The van der Waals surface area contributed by atoms with Crippen LogP contribution in [0.5, 0.6) is 0 Å². The second kappa shape index (κ2) is 5.93. The van der Waals surface area contributed by atoms with Gasteiger partial charge in [-0.2, -0.15) is 0 Å². The van der Waals surface area contributed by atoms with E-state index in [4.69, 9.17) is 5.73 Å². The van der Waals surface area contributed by atoms with Crippen molar-refractivity contribution in [2.45, 2.75) is 44.3 Å². The Hall–Kier alpha value is -1.40. The lowest BCUT2D eigenvalue weighted by Crippen LogP contribution is -2.45. The zero-order valence-electron chi connectivity index (χ0n) is 11.8. The van der Waals surface area contributed by atoms with Crippen LogP contribution in [0, 0.1) is 0 Å². The van der Waals surface area contributed by atoms with Gasteiger partial charge in [-0.25, -0.2) is 4.98 Å². The van der Waals surface area contributed by atoms with Gasteiger partial charge < -0.3 is 15.6 Å². The Morgan fingerprint density at radius 2 is 2.10 bits per heavy atom. The molecule has 0 atom stereocenters. The summed E-state index contributed by atoms with van der Waals surface area (Å²) >= 11 is 0. The molecule has 0 radical (unpaired) electrons. The maximum atomic E-state index is 10.9. The van der Waals surface area contributed by atoms with E-state index in [1.807, 2.05) is 12.5 Å². The lowest BCUT2D eigenvalue weighted by molar-refractivity contribution is -0.119. The third kappa shape index (κ3) is 3.37. The first kappa shape index (κ1) is 13.6. The van der Waals surface area contributed by atoms with Crippen LogP contribution in [-0.4, -0.2) is 46.0 Å². The van der Waals surface area contributed by atoms with Crippen molar-refractivity contribution >= 4 is 5.91 Å². The molecule has 6 nitrogen and oxygen atoms in total. The number of likely N-dealkylation sites (tertiary alicyclic amines) is 1. The molecule has 1 aliphatic heterocycles. The largest absolute Gasteiger partial charge is 0.369 e. The third-order valence-electron chi connectivity index (χ3n) is 4.23. The minimum atomic E-state index is -0.232. The molecule has 0 bridgehead atoms. The molecule has 110 valence electrons. The lowest BCUT2D eigenvalue weighted by Gasteiger charge is -2.31. The maximum absolute atomic E-state index is 10.9. The normalized spacial score (nSPS) is 21.2. The number of carbonyl (C=O) groups is 1. The van der Waals surface area contributed by atoms with Gasteiger partial charge in [0.15, 0.2) is 0 Å². The minimum absolute atomic E-state index is 0.232. The molecule has 20 heavy (non-hydrogen) atoms. The number of rotatable bonds is 6. The summed E-state index contributed by atoms with van der Waals surface area (Å²) in [5.74, 6) is -0.232. The van der Waals surface area contributed by atoms with Crippen molar-refractivity contribution < 1.29 is 4.79 Å². The van der Waals surface area contributed by atoms with Crippen molar-refractivity contribution in [2.75, 3.05) is 19.6 Å². The first-order chi connectivity index (χ1) is 9.72. The number of hydrogen-bond acceptors (Lipinski definition) is 4. The highest BCUT2D eigenvalue weighted by Crippen LogP contribution is 2.35. The number of nitrogens with one attached hydrogen (secondary N) is 1. The monoisotopic (exact) mass is 277 g/mol. The van der Waals surface area contributed by atoms with Gasteiger partial charge in [0.05, 0.1) is 18.6 Å². The van der Waals surface area contributed by atoms with Crippen LogP contribution < -0.4 is 11.1 Å². The van der Waals surface area contributed by atoms with Crippen molar-refractivity contribution in [1.82, 2.24) is 19.8 Å². The lowest BCUT2D eigenvalue weighted by atomic mass is 10.0. The SMILES string of the molecule is NC(=O)CN1CCC(NCc2cncn2C2CC2)CC1. The first-order valence-corrected chi connectivity index (χ1v) is 7.47. The van der Waals surface area contributed by atoms with Gasteiger partial charge in [0.1, 0.15) is 0 Å². The van der Waals surface area contributed by atoms with Crippen molar-refractivity contribution in [3.05, 3.63) is 18.2 Å². The second-order valence-electron chi connectivity index (χ2n) is 5.92. The van der Waals surface area contributed by atoms with Gasteiger partial charge in [-0.15, -0.1) is 0 Å². The van der Waals surface area contributed by atoms with Crippen LogP contribution >= 0.6 is 0 Å². The van der Waals surface area contributed by atoms with E-state index in [-0.39, 0.29) is 5.91 Å². The molecule has 2 aliphatic rings. The Morgan fingerprint density at radius 3 is 2.75 bits per heavy atom. The van der Waals surface area contributed by atoms with E-state index in [9.17, 15) is 4.79 Å². The van der Waals surface area contributed by atoms with E-state index in [1.54, 1.807) is 0 Å². The number of hydrogen-bond donors (Lipinski definition) is 2. The van der Waals surface area contributed by atoms with Gasteiger partial charge in [0.2, 0.25) is 5.91 Å². The van der Waals surface area contributed by atoms with Crippen LogP contribution in [0.15, 0.2) is 12.5 Å². The standard InChI is InChI=1S/C14H23N5O/c15-14(20)9-18-5-3-11(4-6-18)17-8-13-7-16-10-19(13)12-1-2-12/h7,10-12,17H,1-6,8-9H2,(H2,15,20). The Kier molecular flexibility index (Phi) is 4.03. The highest BCUT2D eigenvalue weighted by atomic mass is 16.1. The van der Waals surface area contributed by atoms with Crippen molar-refractivity contribution in [2.24, 2.45) is 5.73 Å². The molecular weight excluding hydrogens is 254 g/mol. The molecule has 2 fully saturated rings. The number of nitrogens with two attached hydrogens (primary N) is 1. The van der Waals surface area contributed by atoms with Gasteiger partial charge >= 0.3 is 0 Å². The van der Waals surface area contributed by atoms with E-state index < -0.39 is 0 Å². The summed E-state index contributed by atoms with van der Waals surface area (Å²) in [5, 5.41) is 3.62. The Labute approximate surface area is 119 Å². The summed E-state index contributed by atoms with van der Waals surface area (Å²) in [6, 6.07) is 1.22. The van der Waals surface area contributed by atoms with E-state index >= 15 is 0 Å². The number of nitrogens with zero attached hydrogens (tertiary/aromatic N) is 3. The molecule has 3 rings (SSSR count). The van der Waals surface area contributed by atoms with E-state index in [0.717, 1.165) is 32.5 Å². The number of carbonyl (C=O) groups excluding carboxylic acids is 1. The molecule has 1 aromatic rings. The Bertz CT molecular complexity index is 460. The number of piperidine rings is 1. The maximum Gasteiger partial charge on any atom is 0.231 e. The van der Waals surface area contributed by atoms with E-state index in [2.05, 4.69) is 19.8 Å². The first-order valence-electron chi connectivity index (χ1n) is 7.47. The Balaban J connectivity index is 1.43. The fraction of sp³-hybridized carbons (Fsp3) is 0.714. The van der Waals surface area contributed by atoms with Crippen LogP contribution in [0.4, 0.5) is 0 Å². The van der Waals surface area contributed by atoms with Crippen molar-refractivity contribution in [3.8, 4) is 0 Å². The average Bonchev–Trinajstić information content (AvgIpc) is 3.16. The molecule has 3 N–H and O–H groups in total. The molecule has 2 heterocycles. The predicted octanol–water partition coefficient (Wildman–Crippen LogP) is 0.257. The summed E-state index contributed by atoms with van der Waals surface area (Å²) in [5.41, 5.74) is 6.51. The zero-order chi connectivity index (χ0) is 13.9. The molecule has 1 aromatic heterocycles. The van der Waals surface area contributed by atoms with Gasteiger partial charge in [0, 0.05) is 37.9 Å². The Morgan fingerprint density at radius 1 is 1.35 bits per heavy atom. The number of amides is 1. The molecular formula is C14H23N5O. The summed E-state index contributed by atoms with van der Waals surface area (Å²) in [6.07, 6.45) is 8.64. The molecule has 0 spiro atoms. The zero-order valence-corrected chi connectivity index (χ0v) is 11.8. The number of aromatic nitrogens is 2. The molecule has 0 unspecified atom stereocenters. The molecule has 1 saturated carbocycles. The average molecular weight is 277 g/mol. The summed E-state index contributed by atoms with van der Waals surface area (Å²) in [6.45, 7) is 3.17. The molecule has 6 heteroatoms. The molecule has 1 saturated heterocycles. The minimum Gasteiger partial charge on any atom is -0.369 e. The summed E-state index contributed by atoms with van der Waals surface area (Å²) in [7, 11) is 0. The number of primary amides is 1. The highest BCUT2D eigenvalue weighted by Gasteiger charge is 2.25. The van der Waals surface area contributed by atoms with Crippen molar-refractivity contribution in [3.63, 3.8) is 0 Å². The van der Waals surface area contributed by atoms with Crippen LogP contribution in [-0.2, 0) is 11.3 Å². The van der Waals surface area contributed by atoms with E-state index in [1.165, 1.54) is 18.5 Å². The third-order valence-corrected chi connectivity index (χ3v) is 4.23. The van der Waals surface area contributed by atoms with Gasteiger partial charge in [-0.1, -0.05) is 0 Å². The van der Waals surface area contributed by atoms with Crippen LogP contribution in [0.1, 0.15) is 37.4 Å². The molecule has 1 aliphatic carbocycles. The fourth-order valence-corrected chi connectivity index (χ4v) is 2.91. The van der Waals surface area contributed by atoms with E-state index in [0.29, 0.717) is 18.6 Å². The predicted molar refractivity (Wildman–Crippen MR) is 76.0 cm³/mol. The highest BCUT2D eigenvalue weighted by molar-refractivity contribution is 5.75. The molecule has 1 amide bonds. The van der Waals surface area contributed by atoms with Crippen LogP contribution in [0.2, 0.25) is 0 Å². The summed E-state index contributed by atoms with van der Waals surface area (Å²) in [4.78, 5) is 17.3. The second-order valence-corrected chi connectivity index (χ2v) is 5.92. The summed E-state index contributed by atoms with van der Waals surface area (Å²) < 4.78 is 2.30. The topological polar surface area (TPSA) is 76.2 Å². The smallest absolute Gasteiger partial charge is 0.231 e. The van der Waals surface area contributed by atoms with Crippen LogP contribution in [0.25, 0.3) is 0 Å². The van der Waals surface area contributed by atoms with Gasteiger partial charge in [0.25, 0.3) is 0 Å². The number of imidazole rings is 1. The molecule has 0 aromatic carbocycles. The van der Waals surface area contributed by atoms with Gasteiger partial charge in [-0.05, 0) is 25.7 Å².